The van der Waals surface area contributed by atoms with Crippen molar-refractivity contribution in [1.29, 1.82) is 0 Å². The van der Waals surface area contributed by atoms with Crippen LogP contribution in [0.3, 0.4) is 0 Å². The van der Waals surface area contributed by atoms with E-state index in [1.807, 2.05) is 24.3 Å². The molecule has 0 bridgehead atoms. The Balaban J connectivity index is 2.19. The third kappa shape index (κ3) is 3.05. The number of nitrogens with zero attached hydrogens (tertiary/aromatic N) is 4. The Bertz CT molecular complexity index is 934. The van der Waals surface area contributed by atoms with Gasteiger partial charge in [-0.2, -0.15) is 9.61 Å². The van der Waals surface area contributed by atoms with Gasteiger partial charge in [0.15, 0.2) is 11.5 Å². The summed E-state index contributed by atoms with van der Waals surface area (Å²) >= 11 is 0. The molecule has 0 atom stereocenters. The molecule has 3 rings (SSSR count). The van der Waals surface area contributed by atoms with E-state index < -0.39 is 5.97 Å². The third-order valence-electron chi connectivity index (χ3n) is 3.98. The van der Waals surface area contributed by atoms with Crippen molar-refractivity contribution < 1.29 is 14.3 Å². The lowest BCUT2D eigenvalue weighted by Crippen LogP contribution is -2.15. The molecule has 0 saturated carbocycles. The molecule has 2 N–H and O–H groups in total. The average molecular weight is 355 g/mol. The number of nitrogen functional groups attached to an aromatic ring is 1. The summed E-state index contributed by atoms with van der Waals surface area (Å²) in [4.78, 5) is 12.0. The number of benzene rings is 1. The van der Waals surface area contributed by atoms with Gasteiger partial charge in [0.05, 0.1) is 25.0 Å². The Morgan fingerprint density at radius 3 is 2.54 bits per heavy atom. The molecule has 26 heavy (non-hydrogen) atoms. The number of nitrogens with two attached hydrogens (primary N) is 1. The van der Waals surface area contributed by atoms with Crippen molar-refractivity contribution in [1.82, 2.24) is 19.8 Å². The molecule has 0 fully saturated rings. The summed E-state index contributed by atoms with van der Waals surface area (Å²) in [7, 11) is 1.62. The molecule has 0 radical (unpaired) electrons. The second-order valence-corrected chi connectivity index (χ2v) is 5.69. The van der Waals surface area contributed by atoms with Crippen molar-refractivity contribution in [2.45, 2.75) is 26.7 Å². The van der Waals surface area contributed by atoms with E-state index in [2.05, 4.69) is 22.2 Å². The number of hydrogen-bond donors (Lipinski definition) is 1. The van der Waals surface area contributed by atoms with E-state index in [9.17, 15) is 4.79 Å². The number of carbonyl (C=O) groups is 1. The van der Waals surface area contributed by atoms with E-state index in [0.29, 0.717) is 5.65 Å². The SMILES string of the molecule is CCCc1nn2c(N)c(C(=O)OCC)nnc2c1-c1ccc(OC)cc1. The molecular formula is C18H21N5O3. The maximum absolute atomic E-state index is 12.0. The number of aryl methyl sites for hydroxylation is 1. The second kappa shape index (κ2) is 7.38. The van der Waals surface area contributed by atoms with Gasteiger partial charge in [0, 0.05) is 0 Å². The number of anilines is 1. The zero-order valence-electron chi connectivity index (χ0n) is 15.0. The highest BCUT2D eigenvalue weighted by Gasteiger charge is 2.22. The van der Waals surface area contributed by atoms with Gasteiger partial charge in [-0.15, -0.1) is 10.2 Å². The first kappa shape index (κ1) is 17.7. The molecule has 0 aliphatic rings. The maximum Gasteiger partial charge on any atom is 0.362 e. The first-order chi connectivity index (χ1) is 12.6. The van der Waals surface area contributed by atoms with Crippen LogP contribution in [0.25, 0.3) is 16.8 Å². The minimum absolute atomic E-state index is 0.0359. The summed E-state index contributed by atoms with van der Waals surface area (Å²) in [5, 5.41) is 12.8. The van der Waals surface area contributed by atoms with Gasteiger partial charge in [-0.05, 0) is 31.0 Å². The van der Waals surface area contributed by atoms with Gasteiger partial charge >= 0.3 is 5.97 Å². The fraction of sp³-hybridized carbons (Fsp3) is 0.333. The molecule has 0 saturated heterocycles. The summed E-state index contributed by atoms with van der Waals surface area (Å²) in [6, 6.07) is 7.62. The van der Waals surface area contributed by atoms with Crippen LogP contribution >= 0.6 is 0 Å². The van der Waals surface area contributed by atoms with Crippen molar-refractivity contribution in [2.24, 2.45) is 0 Å². The van der Waals surface area contributed by atoms with Gasteiger partial charge in [0.1, 0.15) is 5.75 Å². The van der Waals surface area contributed by atoms with Crippen LogP contribution in [0, 0.1) is 0 Å². The smallest absolute Gasteiger partial charge is 0.362 e. The number of aromatic nitrogens is 4. The lowest BCUT2D eigenvalue weighted by atomic mass is 10.0. The Hall–Kier alpha value is -3.16. The van der Waals surface area contributed by atoms with Crippen molar-refractivity contribution in [3.63, 3.8) is 0 Å². The number of carbonyl (C=O) groups excluding carboxylic acids is 1. The number of methoxy groups -OCH3 is 1. The fourth-order valence-electron chi connectivity index (χ4n) is 2.77. The highest BCUT2D eigenvalue weighted by Crippen LogP contribution is 2.31. The summed E-state index contributed by atoms with van der Waals surface area (Å²) in [5.74, 6) is 0.265. The van der Waals surface area contributed by atoms with Gasteiger partial charge in [0.25, 0.3) is 0 Å². The Kier molecular flexibility index (Phi) is 5.01. The monoisotopic (exact) mass is 355 g/mol. The van der Waals surface area contributed by atoms with E-state index in [0.717, 1.165) is 35.4 Å². The average Bonchev–Trinajstić information content (AvgIpc) is 3.01. The van der Waals surface area contributed by atoms with E-state index in [1.54, 1.807) is 14.0 Å². The van der Waals surface area contributed by atoms with Crippen LogP contribution in [-0.2, 0) is 11.2 Å². The van der Waals surface area contributed by atoms with Crippen LogP contribution < -0.4 is 10.5 Å². The third-order valence-corrected chi connectivity index (χ3v) is 3.98. The lowest BCUT2D eigenvalue weighted by molar-refractivity contribution is 0.0519. The summed E-state index contributed by atoms with van der Waals surface area (Å²) < 4.78 is 11.7. The normalized spacial score (nSPS) is 10.9. The van der Waals surface area contributed by atoms with Gasteiger partial charge in [-0.3, -0.25) is 0 Å². The Morgan fingerprint density at radius 2 is 1.92 bits per heavy atom. The van der Waals surface area contributed by atoms with Crippen molar-refractivity contribution in [2.75, 3.05) is 19.5 Å². The second-order valence-electron chi connectivity index (χ2n) is 5.69. The number of esters is 1. The largest absolute Gasteiger partial charge is 0.497 e. The molecule has 8 heteroatoms. The quantitative estimate of drug-likeness (QED) is 0.677. The number of rotatable bonds is 6. The zero-order chi connectivity index (χ0) is 18.7. The highest BCUT2D eigenvalue weighted by molar-refractivity contribution is 5.93. The predicted molar refractivity (Wildman–Crippen MR) is 97.1 cm³/mol. The van der Waals surface area contributed by atoms with Crippen molar-refractivity contribution in [3.05, 3.63) is 35.7 Å². The number of fused-ring (bicyclic) bond motifs is 1. The topological polar surface area (TPSA) is 105 Å². The highest BCUT2D eigenvalue weighted by atomic mass is 16.5. The first-order valence-corrected chi connectivity index (χ1v) is 8.46. The van der Waals surface area contributed by atoms with Crippen LogP contribution in [0.2, 0.25) is 0 Å². The molecule has 2 aromatic heterocycles. The maximum atomic E-state index is 12.0. The molecule has 3 aromatic rings. The van der Waals surface area contributed by atoms with Gasteiger partial charge < -0.3 is 15.2 Å². The number of ether oxygens (including phenoxy) is 2. The molecular weight excluding hydrogens is 334 g/mol. The van der Waals surface area contributed by atoms with Gasteiger partial charge in [0.2, 0.25) is 5.69 Å². The summed E-state index contributed by atoms with van der Waals surface area (Å²) in [6.45, 7) is 4.02. The molecule has 2 heterocycles. The Morgan fingerprint density at radius 1 is 1.19 bits per heavy atom. The van der Waals surface area contributed by atoms with Crippen LogP contribution in [0.5, 0.6) is 5.75 Å². The van der Waals surface area contributed by atoms with Crippen LogP contribution in [-0.4, -0.2) is 39.5 Å². The van der Waals surface area contributed by atoms with Gasteiger partial charge in [-0.25, -0.2) is 4.79 Å². The van der Waals surface area contributed by atoms with Crippen LogP contribution in [0.15, 0.2) is 24.3 Å². The van der Waals surface area contributed by atoms with E-state index in [-0.39, 0.29) is 18.1 Å². The molecule has 0 spiro atoms. The Labute approximate surface area is 150 Å². The molecule has 136 valence electrons. The zero-order valence-corrected chi connectivity index (χ0v) is 15.0. The minimum Gasteiger partial charge on any atom is -0.497 e. The summed E-state index contributed by atoms with van der Waals surface area (Å²) in [5.41, 5.74) is 9.23. The van der Waals surface area contributed by atoms with Gasteiger partial charge in [-0.1, -0.05) is 25.5 Å². The van der Waals surface area contributed by atoms with E-state index in [4.69, 9.17) is 15.2 Å². The molecule has 0 aliphatic carbocycles. The van der Waals surface area contributed by atoms with Crippen LogP contribution in [0.4, 0.5) is 5.82 Å². The first-order valence-electron chi connectivity index (χ1n) is 8.46. The standard InChI is InChI=1S/C18H21N5O3/c1-4-6-13-14(11-7-9-12(25-3)10-8-11)17-21-20-15(18(24)26-5-2)16(19)23(17)22-13/h7-10H,4-6,19H2,1-3H3. The lowest BCUT2D eigenvalue weighted by Gasteiger charge is -2.06. The van der Waals surface area contributed by atoms with Crippen molar-refractivity contribution in [3.8, 4) is 16.9 Å². The minimum atomic E-state index is -0.613. The number of hydrogen-bond acceptors (Lipinski definition) is 7. The fourth-order valence-corrected chi connectivity index (χ4v) is 2.77. The van der Waals surface area contributed by atoms with E-state index in [1.165, 1.54) is 4.52 Å². The molecule has 8 nitrogen and oxygen atoms in total. The molecule has 0 unspecified atom stereocenters. The molecule has 0 aliphatic heterocycles. The molecule has 0 amide bonds. The van der Waals surface area contributed by atoms with E-state index >= 15 is 0 Å². The van der Waals surface area contributed by atoms with Crippen LogP contribution in [0.1, 0.15) is 36.5 Å². The van der Waals surface area contributed by atoms with Crippen molar-refractivity contribution >= 4 is 17.4 Å². The molecule has 1 aromatic carbocycles. The predicted octanol–water partition coefficient (Wildman–Crippen LogP) is 2.51. The summed E-state index contributed by atoms with van der Waals surface area (Å²) in [6.07, 6.45) is 1.66.